The van der Waals surface area contributed by atoms with Crippen molar-refractivity contribution in [2.45, 2.75) is 0 Å². The zero-order valence-corrected chi connectivity index (χ0v) is 9.92. The minimum Gasteiger partial charge on any atom is -0.480 e. The maximum Gasteiger partial charge on any atom is 0.319 e. The van der Waals surface area contributed by atoms with Crippen molar-refractivity contribution in [2.24, 2.45) is 10.2 Å². The van der Waals surface area contributed by atoms with E-state index < -0.39 is 5.97 Å². The van der Waals surface area contributed by atoms with Gasteiger partial charge >= 0.3 is 5.97 Å². The number of hydrazine groups is 1. The van der Waals surface area contributed by atoms with E-state index in [2.05, 4.69) is 26.4 Å². The van der Waals surface area contributed by atoms with Crippen LogP contribution in [0.4, 0.5) is 0 Å². The summed E-state index contributed by atoms with van der Waals surface area (Å²) in [6.07, 6.45) is 1.59. The predicted molar refractivity (Wildman–Crippen MR) is 69.3 cm³/mol. The zero-order chi connectivity index (χ0) is 13.2. The van der Waals surface area contributed by atoms with Crippen LogP contribution < -0.4 is 16.2 Å². The van der Waals surface area contributed by atoms with Crippen LogP contribution in [0.1, 0.15) is 5.56 Å². The van der Waals surface area contributed by atoms with Gasteiger partial charge in [-0.2, -0.15) is 5.10 Å². The first-order valence-corrected chi connectivity index (χ1v) is 5.27. The van der Waals surface area contributed by atoms with Crippen molar-refractivity contribution in [1.29, 1.82) is 0 Å². The van der Waals surface area contributed by atoms with E-state index in [4.69, 9.17) is 5.11 Å². The molecule has 0 heterocycles. The largest absolute Gasteiger partial charge is 0.480 e. The van der Waals surface area contributed by atoms with Crippen LogP contribution in [0.25, 0.3) is 0 Å². The predicted octanol–water partition coefficient (Wildman–Crippen LogP) is -0.225. The molecule has 96 valence electrons. The van der Waals surface area contributed by atoms with E-state index in [1.165, 1.54) is 0 Å². The molecule has 7 heteroatoms. The highest BCUT2D eigenvalue weighted by Gasteiger charge is 1.96. The maximum atomic E-state index is 10.3. The standard InChI is InChI=1S/C11H15N5O2/c1-12-11(16-14-8-10(17)18)15-13-7-9-5-3-2-4-6-9/h2-7,14H,8H2,1H3,(H,17,18)(H2,12,15,16)/b13-7+. The molecule has 1 rings (SSSR count). The topological polar surface area (TPSA) is 98.1 Å². The summed E-state index contributed by atoms with van der Waals surface area (Å²) in [6, 6.07) is 9.51. The Kier molecular flexibility index (Phi) is 5.91. The first-order valence-electron chi connectivity index (χ1n) is 5.27. The molecule has 0 amide bonds. The third-order valence-electron chi connectivity index (χ3n) is 1.85. The molecule has 0 aliphatic carbocycles. The summed E-state index contributed by atoms with van der Waals surface area (Å²) in [5.41, 5.74) is 5.98. The molecule has 4 N–H and O–H groups in total. The summed E-state index contributed by atoms with van der Waals surface area (Å²) in [4.78, 5) is 10.3. The van der Waals surface area contributed by atoms with Gasteiger partial charge in [-0.25, -0.2) is 5.43 Å². The normalized spacial score (nSPS) is 11.5. The Labute approximate surface area is 105 Å². The van der Waals surface area contributed by atoms with Gasteiger partial charge in [0.05, 0.1) is 6.21 Å². The number of guanidine groups is 1. The average molecular weight is 249 g/mol. The van der Waals surface area contributed by atoms with E-state index >= 15 is 0 Å². The molecule has 0 aliphatic heterocycles. The lowest BCUT2D eigenvalue weighted by atomic mass is 10.2. The lowest BCUT2D eigenvalue weighted by Crippen LogP contribution is -2.45. The van der Waals surface area contributed by atoms with Crippen LogP contribution in [0.3, 0.4) is 0 Å². The lowest BCUT2D eigenvalue weighted by Gasteiger charge is -2.06. The van der Waals surface area contributed by atoms with Crippen molar-refractivity contribution in [3.63, 3.8) is 0 Å². The molecule has 0 aromatic heterocycles. The van der Waals surface area contributed by atoms with Gasteiger partial charge in [0.15, 0.2) is 0 Å². The van der Waals surface area contributed by atoms with Gasteiger partial charge in [0, 0.05) is 7.05 Å². The molecule has 0 aliphatic rings. The Hall–Kier alpha value is -2.41. The van der Waals surface area contributed by atoms with Gasteiger partial charge in [-0.05, 0) is 5.56 Å². The van der Waals surface area contributed by atoms with E-state index in [9.17, 15) is 4.79 Å². The van der Waals surface area contributed by atoms with E-state index in [0.717, 1.165) is 5.56 Å². The van der Waals surface area contributed by atoms with Gasteiger partial charge in [0.1, 0.15) is 6.54 Å². The smallest absolute Gasteiger partial charge is 0.319 e. The number of rotatable bonds is 5. The van der Waals surface area contributed by atoms with Gasteiger partial charge in [0.2, 0.25) is 5.96 Å². The second kappa shape index (κ2) is 7.80. The summed E-state index contributed by atoms with van der Waals surface area (Å²) in [6.45, 7) is -0.219. The summed E-state index contributed by atoms with van der Waals surface area (Å²) in [5.74, 6) is -0.644. The highest BCUT2D eigenvalue weighted by atomic mass is 16.4. The highest BCUT2D eigenvalue weighted by molar-refractivity contribution is 5.82. The van der Waals surface area contributed by atoms with E-state index in [1.807, 2.05) is 30.3 Å². The Morgan fingerprint density at radius 3 is 2.72 bits per heavy atom. The molecule has 0 radical (unpaired) electrons. The Bertz CT molecular complexity index is 430. The minimum atomic E-state index is -0.967. The van der Waals surface area contributed by atoms with Crippen LogP contribution in [-0.2, 0) is 4.79 Å². The number of hydrogen-bond acceptors (Lipinski definition) is 4. The van der Waals surface area contributed by atoms with Gasteiger partial charge in [-0.3, -0.25) is 10.2 Å². The van der Waals surface area contributed by atoms with Crippen molar-refractivity contribution < 1.29 is 9.90 Å². The Morgan fingerprint density at radius 2 is 2.11 bits per heavy atom. The molecule has 1 aromatic rings. The molecule has 7 nitrogen and oxygen atoms in total. The average Bonchev–Trinajstić information content (AvgIpc) is 2.38. The molecule has 0 saturated heterocycles. The van der Waals surface area contributed by atoms with E-state index in [0.29, 0.717) is 5.96 Å². The lowest BCUT2D eigenvalue weighted by molar-refractivity contribution is -0.136. The van der Waals surface area contributed by atoms with Crippen molar-refractivity contribution in [3.8, 4) is 0 Å². The van der Waals surface area contributed by atoms with E-state index in [-0.39, 0.29) is 6.54 Å². The van der Waals surface area contributed by atoms with Crippen molar-refractivity contribution >= 4 is 18.1 Å². The van der Waals surface area contributed by atoms with Gasteiger partial charge in [0.25, 0.3) is 0 Å². The molecule has 0 spiro atoms. The first-order chi connectivity index (χ1) is 8.72. The number of nitrogens with zero attached hydrogens (tertiary/aromatic N) is 2. The number of carbonyl (C=O) groups is 1. The van der Waals surface area contributed by atoms with Crippen LogP contribution in [0.5, 0.6) is 0 Å². The molecule has 0 unspecified atom stereocenters. The van der Waals surface area contributed by atoms with E-state index in [1.54, 1.807) is 13.3 Å². The van der Waals surface area contributed by atoms with Crippen LogP contribution >= 0.6 is 0 Å². The quantitative estimate of drug-likeness (QED) is 0.328. The summed E-state index contributed by atoms with van der Waals surface area (Å²) < 4.78 is 0. The monoisotopic (exact) mass is 249 g/mol. The number of hydrogen-bond donors (Lipinski definition) is 4. The van der Waals surface area contributed by atoms with Gasteiger partial charge < -0.3 is 10.4 Å². The SMILES string of the molecule is CN/C(=N\N=C\c1ccccc1)NNCC(=O)O. The first kappa shape index (κ1) is 13.7. The van der Waals surface area contributed by atoms with Crippen LogP contribution in [-0.4, -0.2) is 36.8 Å². The number of aliphatic carboxylic acids is 1. The molecule has 18 heavy (non-hydrogen) atoms. The van der Waals surface area contributed by atoms with Crippen LogP contribution in [0, 0.1) is 0 Å². The summed E-state index contributed by atoms with van der Waals surface area (Å²) in [7, 11) is 1.65. The van der Waals surface area contributed by atoms with Crippen LogP contribution in [0.15, 0.2) is 40.5 Å². The fourth-order valence-corrected chi connectivity index (χ4v) is 1.03. The van der Waals surface area contributed by atoms with Crippen molar-refractivity contribution in [3.05, 3.63) is 35.9 Å². The zero-order valence-electron chi connectivity index (χ0n) is 9.92. The molecular formula is C11H15N5O2. The molecule has 0 atom stereocenters. The molecule has 0 saturated carbocycles. The number of carboxylic acid groups (broad SMARTS) is 1. The Balaban J connectivity index is 2.47. The second-order valence-corrected chi connectivity index (χ2v) is 3.23. The molecule has 0 bridgehead atoms. The van der Waals surface area contributed by atoms with Crippen molar-refractivity contribution in [1.82, 2.24) is 16.2 Å². The Morgan fingerprint density at radius 1 is 1.39 bits per heavy atom. The maximum absolute atomic E-state index is 10.3. The third-order valence-corrected chi connectivity index (χ3v) is 1.85. The number of carboxylic acids is 1. The third kappa shape index (κ3) is 5.61. The number of nitrogens with one attached hydrogen (secondary N) is 3. The fraction of sp³-hybridized carbons (Fsp3) is 0.182. The number of benzene rings is 1. The minimum absolute atomic E-state index is 0.219. The van der Waals surface area contributed by atoms with Crippen molar-refractivity contribution in [2.75, 3.05) is 13.6 Å². The fourth-order valence-electron chi connectivity index (χ4n) is 1.03. The van der Waals surface area contributed by atoms with Crippen LogP contribution in [0.2, 0.25) is 0 Å². The highest BCUT2D eigenvalue weighted by Crippen LogP contribution is 1.93. The second-order valence-electron chi connectivity index (χ2n) is 3.23. The van der Waals surface area contributed by atoms with Gasteiger partial charge in [-0.1, -0.05) is 30.3 Å². The van der Waals surface area contributed by atoms with Gasteiger partial charge in [-0.15, -0.1) is 5.10 Å². The molecule has 0 fully saturated rings. The summed E-state index contributed by atoms with van der Waals surface area (Å²) >= 11 is 0. The molecule has 1 aromatic carbocycles. The molecular weight excluding hydrogens is 234 g/mol. The summed E-state index contributed by atoms with van der Waals surface area (Å²) in [5, 5.41) is 18.9.